The van der Waals surface area contributed by atoms with Crippen LogP contribution in [0.5, 0.6) is 0 Å². The first-order valence-electron chi connectivity index (χ1n) is 7.62. The number of ether oxygens (including phenoxy) is 1. The summed E-state index contributed by atoms with van der Waals surface area (Å²) in [6.45, 7) is 2.88. The number of carbonyl (C=O) groups excluding carboxylic acids is 1. The zero-order chi connectivity index (χ0) is 15.4. The lowest BCUT2D eigenvalue weighted by Crippen LogP contribution is -2.29. The van der Waals surface area contributed by atoms with E-state index in [1.807, 2.05) is 35.4 Å². The van der Waals surface area contributed by atoms with Crippen molar-refractivity contribution >= 4 is 22.5 Å². The molecular formula is C17H21N3O2. The molecule has 1 N–H and O–H groups in total. The normalized spacial score (nSPS) is 18.1. The van der Waals surface area contributed by atoms with Gasteiger partial charge >= 0.3 is 0 Å². The molecule has 1 amide bonds. The number of para-hydroxylation sites is 1. The van der Waals surface area contributed by atoms with Crippen LogP contribution in [0.25, 0.3) is 10.9 Å². The summed E-state index contributed by atoms with van der Waals surface area (Å²) in [5.74, 6) is 0.569. The standard InChI is InChI=1S/C17H21N3O2/c1-22-9-8-20-12-13(10-17(20)21)11-19-16-6-7-18-15-5-3-2-4-14(15)16/h2-7,13H,8-12H2,1H3,(H,18,19). The summed E-state index contributed by atoms with van der Waals surface area (Å²) < 4.78 is 5.05. The predicted molar refractivity (Wildman–Crippen MR) is 86.8 cm³/mol. The average molecular weight is 299 g/mol. The number of fused-ring (bicyclic) bond motifs is 1. The van der Waals surface area contributed by atoms with Gasteiger partial charge in [0.1, 0.15) is 0 Å². The molecule has 1 atom stereocenters. The van der Waals surface area contributed by atoms with Crippen LogP contribution >= 0.6 is 0 Å². The van der Waals surface area contributed by atoms with E-state index < -0.39 is 0 Å². The molecule has 1 aromatic heterocycles. The van der Waals surface area contributed by atoms with Crippen molar-refractivity contribution in [2.24, 2.45) is 5.92 Å². The monoisotopic (exact) mass is 299 g/mol. The second kappa shape index (κ2) is 6.75. The van der Waals surface area contributed by atoms with E-state index in [9.17, 15) is 4.79 Å². The van der Waals surface area contributed by atoms with Gasteiger partial charge in [-0.2, -0.15) is 0 Å². The molecule has 116 valence electrons. The number of carbonyl (C=O) groups is 1. The number of benzene rings is 1. The molecule has 0 saturated carbocycles. The number of hydrogen-bond donors (Lipinski definition) is 1. The van der Waals surface area contributed by atoms with Gasteiger partial charge in [-0.3, -0.25) is 9.78 Å². The molecule has 1 unspecified atom stereocenters. The fourth-order valence-electron chi connectivity index (χ4n) is 2.91. The maximum absolute atomic E-state index is 11.9. The van der Waals surface area contributed by atoms with Crippen molar-refractivity contribution in [2.45, 2.75) is 6.42 Å². The maximum Gasteiger partial charge on any atom is 0.223 e. The van der Waals surface area contributed by atoms with Gasteiger partial charge in [0.25, 0.3) is 0 Å². The minimum atomic E-state index is 0.225. The van der Waals surface area contributed by atoms with Crippen molar-refractivity contribution < 1.29 is 9.53 Å². The Hall–Kier alpha value is -2.14. The third kappa shape index (κ3) is 3.20. The highest BCUT2D eigenvalue weighted by molar-refractivity contribution is 5.90. The van der Waals surface area contributed by atoms with Crippen molar-refractivity contribution in [1.29, 1.82) is 0 Å². The summed E-state index contributed by atoms with van der Waals surface area (Å²) in [6.07, 6.45) is 2.43. The van der Waals surface area contributed by atoms with Crippen molar-refractivity contribution in [3.63, 3.8) is 0 Å². The molecule has 0 spiro atoms. The van der Waals surface area contributed by atoms with E-state index in [0.29, 0.717) is 25.5 Å². The van der Waals surface area contributed by atoms with Gasteiger partial charge in [-0.1, -0.05) is 18.2 Å². The van der Waals surface area contributed by atoms with Crippen molar-refractivity contribution in [1.82, 2.24) is 9.88 Å². The number of aromatic nitrogens is 1. The van der Waals surface area contributed by atoms with E-state index in [0.717, 1.165) is 29.7 Å². The average Bonchev–Trinajstić information content (AvgIpc) is 2.91. The Labute approximate surface area is 130 Å². The van der Waals surface area contributed by atoms with Crippen LogP contribution in [-0.4, -0.2) is 49.1 Å². The first-order valence-corrected chi connectivity index (χ1v) is 7.62. The summed E-state index contributed by atoms with van der Waals surface area (Å²) in [5.41, 5.74) is 2.06. The number of methoxy groups -OCH3 is 1. The zero-order valence-electron chi connectivity index (χ0n) is 12.8. The van der Waals surface area contributed by atoms with Gasteiger partial charge in [-0.05, 0) is 12.1 Å². The molecule has 22 heavy (non-hydrogen) atoms. The van der Waals surface area contributed by atoms with Crippen LogP contribution in [0.3, 0.4) is 0 Å². The Kier molecular flexibility index (Phi) is 4.53. The van der Waals surface area contributed by atoms with Crippen LogP contribution < -0.4 is 5.32 Å². The Bertz CT molecular complexity index is 654. The van der Waals surface area contributed by atoms with Gasteiger partial charge < -0.3 is 15.0 Å². The largest absolute Gasteiger partial charge is 0.384 e. The molecule has 0 radical (unpaired) electrons. The molecule has 1 fully saturated rings. The van der Waals surface area contributed by atoms with Gasteiger partial charge in [-0.25, -0.2) is 0 Å². The first-order chi connectivity index (χ1) is 10.8. The van der Waals surface area contributed by atoms with Gasteiger partial charge in [0, 0.05) is 56.4 Å². The first kappa shape index (κ1) is 14.8. The zero-order valence-corrected chi connectivity index (χ0v) is 12.8. The fraction of sp³-hybridized carbons (Fsp3) is 0.412. The number of rotatable bonds is 6. The summed E-state index contributed by atoms with van der Waals surface area (Å²) in [7, 11) is 1.66. The number of nitrogens with one attached hydrogen (secondary N) is 1. The highest BCUT2D eigenvalue weighted by atomic mass is 16.5. The molecule has 0 bridgehead atoms. The molecule has 1 aromatic carbocycles. The second-order valence-corrected chi connectivity index (χ2v) is 5.66. The minimum absolute atomic E-state index is 0.225. The molecule has 2 aromatic rings. The van der Waals surface area contributed by atoms with Crippen LogP contribution in [0.1, 0.15) is 6.42 Å². The topological polar surface area (TPSA) is 54.5 Å². The third-order valence-corrected chi connectivity index (χ3v) is 4.09. The molecule has 2 heterocycles. The Morgan fingerprint density at radius 3 is 3.09 bits per heavy atom. The second-order valence-electron chi connectivity index (χ2n) is 5.66. The smallest absolute Gasteiger partial charge is 0.223 e. The van der Waals surface area contributed by atoms with Gasteiger partial charge in [0.2, 0.25) is 5.91 Å². The van der Waals surface area contributed by atoms with Gasteiger partial charge in [0.15, 0.2) is 0 Å². The third-order valence-electron chi connectivity index (χ3n) is 4.09. The Morgan fingerprint density at radius 2 is 2.23 bits per heavy atom. The summed E-state index contributed by atoms with van der Waals surface area (Å²) in [6, 6.07) is 10.1. The van der Waals surface area contributed by atoms with Crippen molar-refractivity contribution in [2.75, 3.05) is 38.7 Å². The van der Waals surface area contributed by atoms with E-state index in [4.69, 9.17) is 4.74 Å². The number of likely N-dealkylation sites (tertiary alicyclic amines) is 1. The molecule has 5 nitrogen and oxygen atoms in total. The quantitative estimate of drug-likeness (QED) is 0.888. The Balaban J connectivity index is 1.62. The summed E-state index contributed by atoms with van der Waals surface area (Å²) >= 11 is 0. The van der Waals surface area contributed by atoms with Gasteiger partial charge in [0.05, 0.1) is 12.1 Å². The highest BCUT2D eigenvalue weighted by Crippen LogP contribution is 2.23. The van der Waals surface area contributed by atoms with Crippen molar-refractivity contribution in [3.8, 4) is 0 Å². The highest BCUT2D eigenvalue weighted by Gasteiger charge is 2.28. The van der Waals surface area contributed by atoms with Crippen LogP contribution in [0.2, 0.25) is 0 Å². The van der Waals surface area contributed by atoms with Crippen molar-refractivity contribution in [3.05, 3.63) is 36.5 Å². The number of hydrogen-bond acceptors (Lipinski definition) is 4. The van der Waals surface area contributed by atoms with E-state index in [1.54, 1.807) is 7.11 Å². The van der Waals surface area contributed by atoms with E-state index in [2.05, 4.69) is 16.4 Å². The molecule has 1 saturated heterocycles. The van der Waals surface area contributed by atoms with Crippen LogP contribution in [0.4, 0.5) is 5.69 Å². The van der Waals surface area contributed by atoms with Crippen LogP contribution in [-0.2, 0) is 9.53 Å². The number of pyridine rings is 1. The number of nitrogens with zero attached hydrogens (tertiary/aromatic N) is 2. The maximum atomic E-state index is 11.9. The minimum Gasteiger partial charge on any atom is -0.384 e. The predicted octanol–water partition coefficient (Wildman–Crippen LogP) is 2.14. The molecule has 1 aliphatic rings. The van der Waals surface area contributed by atoms with Crippen LogP contribution in [0, 0.1) is 5.92 Å². The molecule has 1 aliphatic heterocycles. The summed E-state index contributed by atoms with van der Waals surface area (Å²) in [5, 5.41) is 4.59. The lowest BCUT2D eigenvalue weighted by molar-refractivity contribution is -0.128. The van der Waals surface area contributed by atoms with E-state index in [1.165, 1.54) is 0 Å². The van der Waals surface area contributed by atoms with Gasteiger partial charge in [-0.15, -0.1) is 0 Å². The number of amides is 1. The fourth-order valence-corrected chi connectivity index (χ4v) is 2.91. The molecule has 3 rings (SSSR count). The Morgan fingerprint density at radius 1 is 1.36 bits per heavy atom. The SMILES string of the molecule is COCCN1CC(CNc2ccnc3ccccc23)CC1=O. The summed E-state index contributed by atoms with van der Waals surface area (Å²) in [4.78, 5) is 18.2. The number of anilines is 1. The molecule has 0 aliphatic carbocycles. The molecule has 5 heteroatoms. The van der Waals surface area contributed by atoms with Crippen LogP contribution in [0.15, 0.2) is 36.5 Å². The lowest BCUT2D eigenvalue weighted by atomic mass is 10.1. The lowest BCUT2D eigenvalue weighted by Gasteiger charge is -2.16. The van der Waals surface area contributed by atoms with E-state index in [-0.39, 0.29) is 5.91 Å². The van der Waals surface area contributed by atoms with E-state index >= 15 is 0 Å². The molecular weight excluding hydrogens is 278 g/mol.